The number of rotatable bonds is 7. The van der Waals surface area contributed by atoms with Crippen LogP contribution in [0, 0.1) is 35.5 Å². The molecule has 4 heterocycles. The molecule has 5 aliphatic rings. The van der Waals surface area contributed by atoms with Gasteiger partial charge in [-0.2, -0.15) is 0 Å². The molecular formula is C56H87N3O14. The lowest BCUT2D eigenvalue weighted by molar-refractivity contribution is -0.265. The first-order chi connectivity index (χ1) is 34.7. The molecule has 2 bridgehead atoms. The third-order valence-electron chi connectivity index (χ3n) is 16.1. The Balaban J connectivity index is 1.44. The van der Waals surface area contributed by atoms with E-state index in [2.05, 4.69) is 5.32 Å². The van der Waals surface area contributed by atoms with E-state index in [0.717, 1.165) is 5.57 Å². The highest BCUT2D eigenvalue weighted by Crippen LogP contribution is 2.38. The number of nitrogens with one attached hydrogen (secondary N) is 1. The van der Waals surface area contributed by atoms with E-state index in [4.69, 9.17) is 28.4 Å². The van der Waals surface area contributed by atoms with Crippen LogP contribution in [0.5, 0.6) is 0 Å². The van der Waals surface area contributed by atoms with Crippen molar-refractivity contribution in [1.29, 1.82) is 0 Å². The van der Waals surface area contributed by atoms with Crippen LogP contribution in [0.1, 0.15) is 126 Å². The van der Waals surface area contributed by atoms with Crippen molar-refractivity contribution < 1.29 is 67.4 Å². The number of cyclic esters (lactones) is 1. The second kappa shape index (κ2) is 28.2. The number of piperazine rings is 1. The molecular weight excluding hydrogens is 939 g/mol. The number of carbonyl (C=O) groups excluding carboxylic acids is 6. The number of methoxy groups -OCH3 is 3. The molecule has 1 aliphatic carbocycles. The summed E-state index contributed by atoms with van der Waals surface area (Å²) in [6.45, 7) is 15.2. The fourth-order valence-electron chi connectivity index (χ4n) is 11.3. The molecule has 17 nitrogen and oxygen atoms in total. The maximum Gasteiger partial charge on any atom is 0.410 e. The molecule has 1 saturated carbocycles. The van der Waals surface area contributed by atoms with E-state index >= 15 is 0 Å². The minimum atomic E-state index is -2.45. The van der Waals surface area contributed by atoms with Crippen molar-refractivity contribution in [3.8, 4) is 0 Å². The average Bonchev–Trinajstić information content (AvgIpc) is 3.38. The van der Waals surface area contributed by atoms with Crippen molar-refractivity contribution >= 4 is 35.3 Å². The second-order valence-electron chi connectivity index (χ2n) is 21.7. The highest BCUT2D eigenvalue weighted by molar-refractivity contribution is 6.39. The number of aliphatic hydroxyl groups is 2. The quantitative estimate of drug-likeness (QED) is 0.146. The monoisotopic (exact) mass is 1030 g/mol. The average molecular weight is 1030 g/mol. The van der Waals surface area contributed by atoms with Gasteiger partial charge in [-0.15, -0.1) is 0 Å². The van der Waals surface area contributed by atoms with Crippen LogP contribution in [-0.2, 0) is 52.4 Å². The minimum Gasteiger partial charge on any atom is -0.460 e. The summed E-state index contributed by atoms with van der Waals surface area (Å²) in [7, 11) is 4.55. The number of hydrogen-bond acceptors (Lipinski definition) is 15. The van der Waals surface area contributed by atoms with Crippen LogP contribution in [0.3, 0.4) is 0 Å². The number of ether oxygens (including phenoxy) is 6. The summed E-state index contributed by atoms with van der Waals surface area (Å²) in [5.41, 5.74) is 1.25. The molecule has 4 aliphatic heterocycles. The molecule has 0 spiro atoms. The summed E-state index contributed by atoms with van der Waals surface area (Å²) >= 11 is 0. The molecule has 410 valence electrons. The predicted octanol–water partition coefficient (Wildman–Crippen LogP) is 6.23. The maximum absolute atomic E-state index is 14.6. The van der Waals surface area contributed by atoms with Crippen LogP contribution in [0.25, 0.3) is 0 Å². The van der Waals surface area contributed by atoms with Gasteiger partial charge in [0, 0.05) is 84.6 Å². The number of Topliss-reactive ketones (excluding diaryl/α,β-unsaturated/α-hetero) is 3. The largest absolute Gasteiger partial charge is 0.460 e. The minimum absolute atomic E-state index is 0.00770. The summed E-state index contributed by atoms with van der Waals surface area (Å²) < 4.78 is 35.8. The van der Waals surface area contributed by atoms with Crippen LogP contribution in [-0.4, -0.2) is 164 Å². The van der Waals surface area contributed by atoms with Crippen molar-refractivity contribution in [2.75, 3.05) is 54.1 Å². The number of amides is 2. The molecule has 3 N–H and O–H groups in total. The van der Waals surface area contributed by atoms with Gasteiger partial charge in [0.05, 0.1) is 18.3 Å². The first-order valence-electron chi connectivity index (χ1n) is 26.9. The number of nitrogens with zero attached hydrogens (tertiary/aromatic N) is 2. The van der Waals surface area contributed by atoms with Gasteiger partial charge >= 0.3 is 12.1 Å². The Kier molecular flexibility index (Phi) is 23.1. The number of aliphatic hydroxyl groups excluding tert-OH is 1. The molecule has 15 atom stereocenters. The van der Waals surface area contributed by atoms with E-state index in [9.17, 15) is 39.0 Å². The highest BCUT2D eigenvalue weighted by Gasteiger charge is 2.53. The Hall–Kier alpha value is -4.10. The first-order valence-corrected chi connectivity index (χ1v) is 26.9. The van der Waals surface area contributed by atoms with Crippen LogP contribution in [0.2, 0.25) is 0 Å². The summed E-state index contributed by atoms with van der Waals surface area (Å²) in [6, 6.07) is -1.17. The van der Waals surface area contributed by atoms with E-state index < -0.39 is 83.9 Å². The Morgan fingerprint density at radius 3 is 2.26 bits per heavy atom. The molecule has 0 aromatic rings. The fraction of sp³-hybridized carbons (Fsp3) is 0.750. The van der Waals surface area contributed by atoms with Gasteiger partial charge in [0.2, 0.25) is 5.79 Å². The summed E-state index contributed by atoms with van der Waals surface area (Å²) in [6.07, 6.45) is 10.6. The van der Waals surface area contributed by atoms with Crippen molar-refractivity contribution in [3.05, 3.63) is 47.6 Å². The standard InChI is InChI=1S/C56H87N3O14/c1-34-16-12-11-13-17-35(2)46(68-8)32-42-21-19-40(7)56(67,73-42)52(63)53(64)59-25-15-14-18-43(59)54(65)71-47(33-44(60)36(3)29-39(6)50(62)51(70-10)49(61)38(5)28-34)37(4)30-41-20-22-45(48(31-41)69-9)72-55(66)58-26-23-57-24-27-58/h11-13,16-17,29,34,36-38,40-43,45-48,50-51,57,62,67H,14-15,18-28,30-33H2,1-10H3/b13-11+,16-12-,35-17+,39-29+/t34-,36-,37-,38-,40-,41?,42+,43+,45+,46+,47+,48+,50-,51+,56-/m1/s1. The van der Waals surface area contributed by atoms with E-state index in [1.807, 2.05) is 58.1 Å². The van der Waals surface area contributed by atoms with E-state index in [0.29, 0.717) is 96.0 Å². The molecule has 0 aromatic carbocycles. The van der Waals surface area contributed by atoms with Gasteiger partial charge < -0.3 is 53.8 Å². The van der Waals surface area contributed by atoms with Crippen LogP contribution in [0.4, 0.5) is 4.79 Å². The van der Waals surface area contributed by atoms with Crippen LogP contribution in [0.15, 0.2) is 47.6 Å². The lowest BCUT2D eigenvalue weighted by Gasteiger charge is -2.42. The lowest BCUT2D eigenvalue weighted by Crippen LogP contribution is -2.61. The van der Waals surface area contributed by atoms with Gasteiger partial charge in [-0.25, -0.2) is 9.59 Å². The molecule has 73 heavy (non-hydrogen) atoms. The highest BCUT2D eigenvalue weighted by atomic mass is 16.6. The first kappa shape index (κ1) is 59.8. The van der Waals surface area contributed by atoms with Gasteiger partial charge in [-0.05, 0) is 107 Å². The normalized spacial score (nSPS) is 38.5. The summed E-state index contributed by atoms with van der Waals surface area (Å²) in [5.74, 6) is -8.21. The zero-order valence-electron chi connectivity index (χ0n) is 45.3. The van der Waals surface area contributed by atoms with Crippen molar-refractivity contribution in [2.24, 2.45) is 35.5 Å². The van der Waals surface area contributed by atoms with Crippen molar-refractivity contribution in [2.45, 2.75) is 180 Å². The number of carbonyl (C=O) groups is 6. The lowest BCUT2D eigenvalue weighted by atomic mass is 9.78. The number of fused-ring (bicyclic) bond motifs is 3. The van der Waals surface area contributed by atoms with Gasteiger partial charge in [0.25, 0.3) is 11.7 Å². The third kappa shape index (κ3) is 16.0. The van der Waals surface area contributed by atoms with Crippen LogP contribution >= 0.6 is 0 Å². The molecule has 3 saturated heterocycles. The van der Waals surface area contributed by atoms with Gasteiger partial charge in [0.1, 0.15) is 36.2 Å². The predicted molar refractivity (Wildman–Crippen MR) is 274 cm³/mol. The van der Waals surface area contributed by atoms with Crippen molar-refractivity contribution in [3.63, 3.8) is 0 Å². The van der Waals surface area contributed by atoms with E-state index in [1.54, 1.807) is 46.0 Å². The third-order valence-corrected chi connectivity index (χ3v) is 16.1. The number of hydrogen-bond donors (Lipinski definition) is 3. The molecule has 0 radical (unpaired) electrons. The van der Waals surface area contributed by atoms with E-state index in [1.165, 1.54) is 12.0 Å². The number of piperidine rings is 1. The topological polar surface area (TPSA) is 217 Å². The Morgan fingerprint density at radius 1 is 0.849 bits per heavy atom. The molecule has 4 fully saturated rings. The summed E-state index contributed by atoms with van der Waals surface area (Å²) in [4.78, 5) is 87.3. The fourth-order valence-corrected chi connectivity index (χ4v) is 11.3. The Labute approximate surface area is 433 Å². The van der Waals surface area contributed by atoms with Gasteiger partial charge in [-0.1, -0.05) is 71.1 Å². The SMILES string of the molecule is CO[C@H]1C[C@@H]2CC[C@@H](C)[C@@](O)(O2)C(=O)C(=O)N2CCCC[C@H]2C(=O)O[C@H]([C@H](C)CC2CC[C@H](OC(=O)N3CCNCC3)[C@@H](OC)C2)CC(=O)[C@H](C)/C=C(\C)[C@@H](O)[C@@H](OC)C(=O)[C@H](C)C[C@H](C)\C=C/C=C/C=C/1C. The Bertz CT molecular complexity index is 2010. The molecule has 1 unspecified atom stereocenters. The number of ketones is 3. The summed E-state index contributed by atoms with van der Waals surface area (Å²) in [5, 5.41) is 26.8. The van der Waals surface area contributed by atoms with E-state index in [-0.39, 0.29) is 60.9 Å². The van der Waals surface area contributed by atoms with Crippen molar-refractivity contribution in [1.82, 2.24) is 15.1 Å². The zero-order valence-corrected chi connectivity index (χ0v) is 45.3. The van der Waals surface area contributed by atoms with Crippen LogP contribution < -0.4 is 5.32 Å². The molecule has 2 amide bonds. The molecule has 17 heteroatoms. The smallest absolute Gasteiger partial charge is 0.410 e. The molecule has 5 rings (SSSR count). The Morgan fingerprint density at radius 2 is 1.58 bits per heavy atom. The zero-order chi connectivity index (χ0) is 53.6. The maximum atomic E-state index is 14.6. The second-order valence-corrected chi connectivity index (χ2v) is 21.7. The number of allylic oxidation sites excluding steroid dienone is 6. The number of esters is 1. The van der Waals surface area contributed by atoms with Gasteiger partial charge in [0.15, 0.2) is 5.78 Å². The molecule has 0 aromatic heterocycles. The van der Waals surface area contributed by atoms with Gasteiger partial charge in [-0.3, -0.25) is 19.2 Å².